The predicted molar refractivity (Wildman–Crippen MR) is 143 cm³/mol. The molecule has 0 bridgehead atoms. The molecule has 4 aliphatic carbocycles. The van der Waals surface area contributed by atoms with Gasteiger partial charge < -0.3 is 14.2 Å². The molecule has 6 heteroatoms. The lowest BCUT2D eigenvalue weighted by atomic mass is 9.44. The summed E-state index contributed by atoms with van der Waals surface area (Å²) in [5.74, 6) is 4.38. The predicted octanol–water partition coefficient (Wildman–Crippen LogP) is 5.48. The number of morpholine rings is 1. The van der Waals surface area contributed by atoms with E-state index in [1.807, 2.05) is 0 Å². The number of ether oxygens (including phenoxy) is 3. The summed E-state index contributed by atoms with van der Waals surface area (Å²) in [5, 5.41) is 0. The number of methoxy groups -OCH3 is 1. The summed E-state index contributed by atoms with van der Waals surface area (Å²) in [6.07, 6.45) is 12.9. The first-order chi connectivity index (χ1) is 17.7. The Morgan fingerprint density at radius 1 is 0.946 bits per heavy atom. The summed E-state index contributed by atoms with van der Waals surface area (Å²) in [4.78, 5) is 26.6. The monoisotopic (exact) mass is 517 g/mol. The highest BCUT2D eigenvalue weighted by atomic mass is 16.5. The average molecular weight is 518 g/mol. The van der Waals surface area contributed by atoms with E-state index in [0.717, 1.165) is 56.0 Å². The van der Waals surface area contributed by atoms with Gasteiger partial charge in [0.05, 0.1) is 26.9 Å². The molecule has 1 saturated heterocycles. The van der Waals surface area contributed by atoms with Gasteiger partial charge in [-0.05, 0) is 111 Å². The SMILES string of the molecule is COC(=O)CC[C@@H](C)[C@H]1CC[C@H]2[C@@H]3CC[C@@H]4C[C@H](OC(=O)CN5CCOCC5)CC[C@]4(C)[C@H]3CC[C@]12C. The maximum absolute atomic E-state index is 12.7. The van der Waals surface area contributed by atoms with Crippen LogP contribution in [-0.2, 0) is 23.8 Å². The lowest BCUT2D eigenvalue weighted by Gasteiger charge is -2.61. The maximum Gasteiger partial charge on any atom is 0.320 e. The molecule has 0 aromatic rings. The number of nitrogens with zero attached hydrogens (tertiary/aromatic N) is 1. The summed E-state index contributed by atoms with van der Waals surface area (Å²) < 4.78 is 16.4. The second-order valence-corrected chi connectivity index (χ2v) is 13.8. The van der Waals surface area contributed by atoms with Gasteiger partial charge in [-0.3, -0.25) is 14.5 Å². The van der Waals surface area contributed by atoms with Crippen molar-refractivity contribution in [2.45, 2.75) is 97.5 Å². The van der Waals surface area contributed by atoms with Crippen molar-refractivity contribution >= 4 is 11.9 Å². The Morgan fingerprint density at radius 2 is 1.68 bits per heavy atom. The molecule has 9 atom stereocenters. The molecule has 6 nitrogen and oxygen atoms in total. The third kappa shape index (κ3) is 5.35. The molecule has 5 rings (SSSR count). The van der Waals surface area contributed by atoms with E-state index in [1.54, 1.807) is 0 Å². The zero-order valence-corrected chi connectivity index (χ0v) is 23.8. The molecule has 1 heterocycles. The van der Waals surface area contributed by atoms with Crippen molar-refractivity contribution < 1.29 is 23.8 Å². The zero-order chi connectivity index (χ0) is 26.2. The first-order valence-corrected chi connectivity index (χ1v) is 15.3. The smallest absolute Gasteiger partial charge is 0.320 e. The van der Waals surface area contributed by atoms with E-state index in [2.05, 4.69) is 25.7 Å². The van der Waals surface area contributed by atoms with Crippen LogP contribution in [0.15, 0.2) is 0 Å². The number of esters is 2. The van der Waals surface area contributed by atoms with Crippen LogP contribution < -0.4 is 0 Å². The molecule has 0 N–H and O–H groups in total. The first kappa shape index (κ1) is 27.4. The van der Waals surface area contributed by atoms with Gasteiger partial charge in [-0.25, -0.2) is 0 Å². The fourth-order valence-electron chi connectivity index (χ4n) is 10.1. The van der Waals surface area contributed by atoms with Crippen LogP contribution in [0.5, 0.6) is 0 Å². The number of hydrogen-bond acceptors (Lipinski definition) is 6. The summed E-state index contributed by atoms with van der Waals surface area (Å²) in [6.45, 7) is 11.1. The normalized spacial score (nSPS) is 42.7. The number of carbonyl (C=O) groups excluding carboxylic acids is 2. The van der Waals surface area contributed by atoms with Gasteiger partial charge in [0.15, 0.2) is 0 Å². The van der Waals surface area contributed by atoms with Crippen LogP contribution in [0, 0.1) is 46.3 Å². The van der Waals surface area contributed by atoms with Crippen LogP contribution in [0.1, 0.15) is 91.4 Å². The summed E-state index contributed by atoms with van der Waals surface area (Å²) in [5.41, 5.74) is 0.818. The van der Waals surface area contributed by atoms with E-state index in [1.165, 1.54) is 52.1 Å². The zero-order valence-electron chi connectivity index (χ0n) is 23.8. The van der Waals surface area contributed by atoms with Crippen LogP contribution in [0.4, 0.5) is 0 Å². The Kier molecular flexibility index (Phi) is 8.27. The van der Waals surface area contributed by atoms with E-state index in [-0.39, 0.29) is 18.0 Å². The average Bonchev–Trinajstić information content (AvgIpc) is 3.25. The van der Waals surface area contributed by atoms with E-state index in [0.29, 0.717) is 48.8 Å². The van der Waals surface area contributed by atoms with Crippen LogP contribution in [0.3, 0.4) is 0 Å². The third-order valence-corrected chi connectivity index (χ3v) is 12.2. The van der Waals surface area contributed by atoms with Gasteiger partial charge in [0.1, 0.15) is 6.10 Å². The highest BCUT2D eigenvalue weighted by molar-refractivity contribution is 5.72. The lowest BCUT2D eigenvalue weighted by molar-refractivity contribution is -0.164. The molecule has 5 fully saturated rings. The van der Waals surface area contributed by atoms with E-state index in [9.17, 15) is 9.59 Å². The second kappa shape index (κ2) is 11.2. The van der Waals surface area contributed by atoms with Gasteiger partial charge in [0.2, 0.25) is 0 Å². The Morgan fingerprint density at radius 3 is 2.43 bits per heavy atom. The molecular formula is C31H51NO5. The molecule has 210 valence electrons. The highest BCUT2D eigenvalue weighted by Gasteiger charge is 2.60. The molecule has 0 radical (unpaired) electrons. The largest absolute Gasteiger partial charge is 0.469 e. The first-order valence-electron chi connectivity index (χ1n) is 15.3. The summed E-state index contributed by atoms with van der Waals surface area (Å²) >= 11 is 0. The topological polar surface area (TPSA) is 65.1 Å². The quantitative estimate of drug-likeness (QED) is 0.417. The van der Waals surface area contributed by atoms with Gasteiger partial charge in [-0.2, -0.15) is 0 Å². The molecule has 0 unspecified atom stereocenters. The fraction of sp³-hybridized carbons (Fsp3) is 0.935. The number of carbonyl (C=O) groups is 2. The van der Waals surface area contributed by atoms with Gasteiger partial charge in [0.25, 0.3) is 0 Å². The minimum Gasteiger partial charge on any atom is -0.469 e. The standard InChI is InChI=1S/C31H51NO5/c1-21(5-10-28(33)35-4)25-8-9-26-24-7-6-22-19-23(37-29(34)20-32-15-17-36-18-16-32)11-13-30(22,2)27(24)12-14-31(25,26)3/h21-27H,5-20H2,1-4H3/t21-,22-,23-,24+,25-,26+,27+,30+,31-/m1/s1. The molecular weight excluding hydrogens is 466 g/mol. The molecule has 0 aromatic carbocycles. The minimum absolute atomic E-state index is 0.0454. The van der Waals surface area contributed by atoms with Crippen LogP contribution in [0.2, 0.25) is 0 Å². The Labute approximate surface area is 224 Å². The van der Waals surface area contributed by atoms with Gasteiger partial charge in [-0.15, -0.1) is 0 Å². The second-order valence-electron chi connectivity index (χ2n) is 13.8. The number of rotatable bonds is 7. The van der Waals surface area contributed by atoms with Crippen molar-refractivity contribution in [3.8, 4) is 0 Å². The van der Waals surface area contributed by atoms with E-state index in [4.69, 9.17) is 14.2 Å². The van der Waals surface area contributed by atoms with Crippen LogP contribution in [0.25, 0.3) is 0 Å². The van der Waals surface area contributed by atoms with Crippen molar-refractivity contribution in [2.24, 2.45) is 46.3 Å². The minimum atomic E-state index is -0.0658. The summed E-state index contributed by atoms with van der Waals surface area (Å²) in [6, 6.07) is 0. The molecule has 0 spiro atoms. The maximum atomic E-state index is 12.7. The Hall–Kier alpha value is -1.14. The Balaban J connectivity index is 1.18. The van der Waals surface area contributed by atoms with Gasteiger partial charge in [0, 0.05) is 19.5 Å². The van der Waals surface area contributed by atoms with Gasteiger partial charge >= 0.3 is 11.9 Å². The van der Waals surface area contributed by atoms with E-state index >= 15 is 0 Å². The van der Waals surface area contributed by atoms with Crippen molar-refractivity contribution in [1.29, 1.82) is 0 Å². The molecule has 0 aromatic heterocycles. The van der Waals surface area contributed by atoms with E-state index < -0.39 is 0 Å². The fourth-order valence-corrected chi connectivity index (χ4v) is 10.1. The number of fused-ring (bicyclic) bond motifs is 5. The van der Waals surface area contributed by atoms with Crippen LogP contribution in [-0.4, -0.2) is 62.9 Å². The molecule has 0 amide bonds. The van der Waals surface area contributed by atoms with Crippen molar-refractivity contribution in [3.63, 3.8) is 0 Å². The molecule has 1 aliphatic heterocycles. The molecule has 37 heavy (non-hydrogen) atoms. The van der Waals surface area contributed by atoms with Crippen molar-refractivity contribution in [1.82, 2.24) is 4.90 Å². The van der Waals surface area contributed by atoms with Crippen molar-refractivity contribution in [3.05, 3.63) is 0 Å². The third-order valence-electron chi connectivity index (χ3n) is 12.2. The van der Waals surface area contributed by atoms with Crippen LogP contribution >= 0.6 is 0 Å². The van der Waals surface area contributed by atoms with Gasteiger partial charge in [-0.1, -0.05) is 20.8 Å². The summed E-state index contributed by atoms with van der Waals surface area (Å²) in [7, 11) is 1.50. The number of hydrogen-bond donors (Lipinski definition) is 0. The molecule has 5 aliphatic rings. The molecule has 4 saturated carbocycles. The highest BCUT2D eigenvalue weighted by Crippen LogP contribution is 2.68. The lowest BCUT2D eigenvalue weighted by Crippen LogP contribution is -2.54. The van der Waals surface area contributed by atoms with Crippen molar-refractivity contribution in [2.75, 3.05) is 40.0 Å². The Bertz CT molecular complexity index is 826.